The zero-order valence-corrected chi connectivity index (χ0v) is 23.1. The highest BCUT2D eigenvalue weighted by atomic mass is 32.2. The standard InChI is InChI=1S/C28H36N4O7S/c1-40-15-14-22(30-25(35)20(29)16-18-8-4-2-5-9-18)27(37)31-21(12-13-24(33)34)26(36)32-23(28(38)39)17-19-10-6-3-7-11-19/h2-11,20-23H,12-17,29H2,1H3,(H,30,35)(H,31,37)(H,32,36)(H,33,34)(H,38,39). The number of nitrogens with two attached hydrogens (primary N) is 1. The molecule has 40 heavy (non-hydrogen) atoms. The van der Waals surface area contributed by atoms with E-state index in [0.29, 0.717) is 11.3 Å². The average molecular weight is 573 g/mol. The lowest BCUT2D eigenvalue weighted by molar-refractivity contribution is -0.143. The number of carboxylic acids is 2. The summed E-state index contributed by atoms with van der Waals surface area (Å²) in [7, 11) is 0. The Kier molecular flexibility index (Phi) is 13.7. The summed E-state index contributed by atoms with van der Waals surface area (Å²) in [5.41, 5.74) is 7.59. The van der Waals surface area contributed by atoms with E-state index in [4.69, 9.17) is 10.8 Å². The van der Waals surface area contributed by atoms with Crippen LogP contribution in [0.5, 0.6) is 0 Å². The van der Waals surface area contributed by atoms with Crippen LogP contribution in [-0.2, 0) is 36.8 Å². The topological polar surface area (TPSA) is 188 Å². The summed E-state index contributed by atoms with van der Waals surface area (Å²) in [6.07, 6.45) is 1.59. The van der Waals surface area contributed by atoms with Crippen LogP contribution in [0.2, 0.25) is 0 Å². The van der Waals surface area contributed by atoms with Crippen molar-refractivity contribution in [3.05, 3.63) is 71.8 Å². The van der Waals surface area contributed by atoms with E-state index in [0.717, 1.165) is 5.56 Å². The number of carboxylic acid groups (broad SMARTS) is 2. The Morgan fingerprint density at radius 3 is 1.70 bits per heavy atom. The van der Waals surface area contributed by atoms with Crippen LogP contribution in [-0.4, -0.2) is 76.0 Å². The Hall–Kier alpha value is -3.90. The highest BCUT2D eigenvalue weighted by Crippen LogP contribution is 2.08. The van der Waals surface area contributed by atoms with E-state index in [2.05, 4.69) is 16.0 Å². The summed E-state index contributed by atoms with van der Waals surface area (Å²) < 4.78 is 0. The van der Waals surface area contributed by atoms with E-state index in [-0.39, 0.29) is 25.7 Å². The van der Waals surface area contributed by atoms with E-state index in [1.54, 1.807) is 30.3 Å². The van der Waals surface area contributed by atoms with Crippen molar-refractivity contribution in [3.63, 3.8) is 0 Å². The normalized spacial score (nSPS) is 13.8. The molecule has 11 nitrogen and oxygen atoms in total. The van der Waals surface area contributed by atoms with Crippen LogP contribution < -0.4 is 21.7 Å². The van der Waals surface area contributed by atoms with Gasteiger partial charge in [-0.3, -0.25) is 19.2 Å². The van der Waals surface area contributed by atoms with Crippen LogP contribution >= 0.6 is 11.8 Å². The quantitative estimate of drug-likeness (QED) is 0.160. The Bertz CT molecular complexity index is 1130. The van der Waals surface area contributed by atoms with E-state index in [9.17, 15) is 29.1 Å². The van der Waals surface area contributed by atoms with Gasteiger partial charge in [0.05, 0.1) is 6.04 Å². The number of amides is 3. The number of carbonyl (C=O) groups excluding carboxylic acids is 3. The number of nitrogens with one attached hydrogen (secondary N) is 3. The fraction of sp³-hybridized carbons (Fsp3) is 0.393. The van der Waals surface area contributed by atoms with E-state index >= 15 is 0 Å². The SMILES string of the molecule is CSCCC(NC(=O)C(N)Cc1ccccc1)C(=O)NC(CCC(=O)O)C(=O)NC(Cc1ccccc1)C(=O)O. The first kappa shape index (κ1) is 32.3. The molecular formula is C28H36N4O7S. The van der Waals surface area contributed by atoms with Gasteiger partial charge in [0, 0.05) is 12.8 Å². The molecule has 2 aromatic rings. The van der Waals surface area contributed by atoms with Gasteiger partial charge in [0.25, 0.3) is 0 Å². The second-order valence-corrected chi connectivity index (χ2v) is 10.2. The number of rotatable bonds is 17. The van der Waals surface area contributed by atoms with Gasteiger partial charge in [-0.1, -0.05) is 60.7 Å². The fourth-order valence-corrected chi connectivity index (χ4v) is 4.35. The van der Waals surface area contributed by atoms with Gasteiger partial charge in [-0.15, -0.1) is 0 Å². The first-order valence-electron chi connectivity index (χ1n) is 12.8. The first-order chi connectivity index (χ1) is 19.1. The number of aliphatic carboxylic acids is 2. The molecule has 0 radical (unpaired) electrons. The van der Waals surface area contributed by atoms with Crippen molar-refractivity contribution in [2.75, 3.05) is 12.0 Å². The van der Waals surface area contributed by atoms with Gasteiger partial charge in [-0.25, -0.2) is 4.79 Å². The third kappa shape index (κ3) is 11.5. The van der Waals surface area contributed by atoms with Crippen LogP contribution in [0.4, 0.5) is 0 Å². The number of carbonyl (C=O) groups is 5. The molecule has 3 amide bonds. The monoisotopic (exact) mass is 572 g/mol. The van der Waals surface area contributed by atoms with Crippen LogP contribution in [0.1, 0.15) is 30.4 Å². The van der Waals surface area contributed by atoms with Crippen molar-refractivity contribution in [1.82, 2.24) is 16.0 Å². The van der Waals surface area contributed by atoms with Gasteiger partial charge in [-0.05, 0) is 42.4 Å². The molecule has 0 aliphatic rings. The predicted octanol–water partition coefficient (Wildman–Crippen LogP) is 0.956. The molecule has 4 unspecified atom stereocenters. The summed E-state index contributed by atoms with van der Waals surface area (Å²) >= 11 is 1.45. The summed E-state index contributed by atoms with van der Waals surface area (Å²) in [6.45, 7) is 0. The van der Waals surface area contributed by atoms with Crippen LogP contribution in [0, 0.1) is 0 Å². The largest absolute Gasteiger partial charge is 0.481 e. The fourth-order valence-electron chi connectivity index (χ4n) is 3.88. The molecule has 0 fully saturated rings. The van der Waals surface area contributed by atoms with Gasteiger partial charge in [0.1, 0.15) is 18.1 Å². The molecule has 0 aliphatic carbocycles. The third-order valence-corrected chi connectivity index (χ3v) is 6.70. The molecular weight excluding hydrogens is 536 g/mol. The van der Waals surface area contributed by atoms with Crippen molar-refractivity contribution in [3.8, 4) is 0 Å². The first-order valence-corrected chi connectivity index (χ1v) is 14.2. The summed E-state index contributed by atoms with van der Waals surface area (Å²) in [6, 6.07) is 13.2. The lowest BCUT2D eigenvalue weighted by Gasteiger charge is -2.25. The van der Waals surface area contributed by atoms with Gasteiger partial charge in [-0.2, -0.15) is 11.8 Å². The lowest BCUT2D eigenvalue weighted by atomic mass is 10.0. The zero-order chi connectivity index (χ0) is 29.5. The molecule has 0 aliphatic heterocycles. The second kappa shape index (κ2) is 16.9. The van der Waals surface area contributed by atoms with Gasteiger partial charge in [0.15, 0.2) is 0 Å². The maximum atomic E-state index is 13.2. The van der Waals surface area contributed by atoms with Crippen LogP contribution in [0.3, 0.4) is 0 Å². The molecule has 4 atom stereocenters. The Morgan fingerprint density at radius 2 is 1.20 bits per heavy atom. The smallest absolute Gasteiger partial charge is 0.326 e. The van der Waals surface area contributed by atoms with Crippen molar-refractivity contribution in [2.24, 2.45) is 5.73 Å². The molecule has 0 spiro atoms. The second-order valence-electron chi connectivity index (χ2n) is 9.22. The Balaban J connectivity index is 2.13. The predicted molar refractivity (Wildman–Crippen MR) is 152 cm³/mol. The van der Waals surface area contributed by atoms with Crippen molar-refractivity contribution in [2.45, 2.75) is 56.3 Å². The minimum atomic E-state index is -1.34. The maximum absolute atomic E-state index is 13.2. The average Bonchev–Trinajstić information content (AvgIpc) is 2.93. The number of hydrogen-bond donors (Lipinski definition) is 6. The third-order valence-electron chi connectivity index (χ3n) is 6.06. The number of hydrogen-bond acceptors (Lipinski definition) is 7. The van der Waals surface area contributed by atoms with E-state index in [1.165, 1.54) is 11.8 Å². The molecule has 0 heterocycles. The summed E-state index contributed by atoms with van der Waals surface area (Å²) in [5.74, 6) is -4.05. The van der Waals surface area contributed by atoms with Gasteiger partial charge in [0.2, 0.25) is 17.7 Å². The minimum absolute atomic E-state index is 0.00673. The molecule has 12 heteroatoms. The number of benzene rings is 2. The minimum Gasteiger partial charge on any atom is -0.481 e. The molecule has 7 N–H and O–H groups in total. The molecule has 2 rings (SSSR count). The number of thioether (sulfide) groups is 1. The Morgan fingerprint density at radius 1 is 0.725 bits per heavy atom. The Labute approximate surface area is 237 Å². The maximum Gasteiger partial charge on any atom is 0.326 e. The highest BCUT2D eigenvalue weighted by Gasteiger charge is 2.30. The van der Waals surface area contributed by atoms with Crippen LogP contribution in [0.25, 0.3) is 0 Å². The molecule has 0 bridgehead atoms. The highest BCUT2D eigenvalue weighted by molar-refractivity contribution is 7.98. The zero-order valence-electron chi connectivity index (χ0n) is 22.2. The van der Waals surface area contributed by atoms with E-state index < -0.39 is 60.2 Å². The summed E-state index contributed by atoms with van der Waals surface area (Å²) in [4.78, 5) is 62.2. The van der Waals surface area contributed by atoms with Crippen LogP contribution in [0.15, 0.2) is 60.7 Å². The molecule has 0 saturated carbocycles. The lowest BCUT2D eigenvalue weighted by Crippen LogP contribution is -2.57. The molecule has 216 valence electrons. The van der Waals surface area contributed by atoms with Crippen molar-refractivity contribution in [1.29, 1.82) is 0 Å². The molecule has 0 aromatic heterocycles. The molecule has 0 saturated heterocycles. The van der Waals surface area contributed by atoms with Gasteiger partial charge < -0.3 is 31.9 Å². The van der Waals surface area contributed by atoms with Gasteiger partial charge >= 0.3 is 11.9 Å². The van der Waals surface area contributed by atoms with Crippen molar-refractivity contribution < 1.29 is 34.2 Å². The molecule has 2 aromatic carbocycles. The summed E-state index contributed by atoms with van der Waals surface area (Å²) in [5, 5.41) is 26.4. The van der Waals surface area contributed by atoms with Crippen molar-refractivity contribution >= 4 is 41.4 Å². The van der Waals surface area contributed by atoms with E-state index in [1.807, 2.05) is 36.6 Å².